The monoisotopic (exact) mass is 308 g/mol. The highest BCUT2D eigenvalue weighted by atomic mass is 16.7. The average molecular weight is 308 g/mol. The summed E-state index contributed by atoms with van der Waals surface area (Å²) in [6, 6.07) is 0. The fourth-order valence-electron chi connectivity index (χ4n) is 2.43. The van der Waals surface area contributed by atoms with E-state index >= 15 is 0 Å². The normalized spacial score (nSPS) is 34.5. The second-order valence-electron chi connectivity index (χ2n) is 4.67. The van der Waals surface area contributed by atoms with Gasteiger partial charge in [0.1, 0.15) is 37.1 Å². The summed E-state index contributed by atoms with van der Waals surface area (Å²) in [4.78, 5) is 10.9. The number of carbonyl (C=O) groups is 1. The van der Waals surface area contributed by atoms with Crippen molar-refractivity contribution in [3.05, 3.63) is 0 Å². The molecule has 0 aliphatic carbocycles. The first-order valence-electron chi connectivity index (χ1n) is 6.58. The number of esters is 1. The molecule has 1 fully saturated rings. The fourth-order valence-corrected chi connectivity index (χ4v) is 2.43. The Morgan fingerprint density at radius 2 is 1.67 bits per heavy atom. The van der Waals surface area contributed by atoms with E-state index in [0.717, 1.165) is 0 Å². The Balaban J connectivity index is 2.89. The molecule has 1 N–H and O–H groups in total. The number of ether oxygens (including phenoxy) is 6. The smallest absolute Gasteiger partial charge is 0.302 e. The van der Waals surface area contributed by atoms with Crippen LogP contribution in [0.4, 0.5) is 0 Å². The minimum absolute atomic E-state index is 0.0167. The van der Waals surface area contributed by atoms with E-state index in [9.17, 15) is 9.90 Å². The maximum Gasteiger partial charge on any atom is 0.302 e. The molecule has 21 heavy (non-hydrogen) atoms. The Bertz CT molecular complexity index is 323. The lowest BCUT2D eigenvalue weighted by molar-refractivity contribution is -0.312. The average Bonchev–Trinajstić information content (AvgIpc) is 2.46. The number of aliphatic hydroxyl groups is 1. The number of hydrogen-bond donors (Lipinski definition) is 1. The molecule has 0 saturated carbocycles. The third-order valence-electron chi connectivity index (χ3n) is 3.49. The van der Waals surface area contributed by atoms with Gasteiger partial charge >= 0.3 is 5.97 Å². The van der Waals surface area contributed by atoms with Gasteiger partial charge in [-0.1, -0.05) is 0 Å². The van der Waals surface area contributed by atoms with Crippen molar-refractivity contribution in [1.82, 2.24) is 0 Å². The molecule has 0 radical (unpaired) electrons. The lowest BCUT2D eigenvalue weighted by Crippen LogP contribution is -2.63. The van der Waals surface area contributed by atoms with Crippen LogP contribution < -0.4 is 0 Å². The summed E-state index contributed by atoms with van der Waals surface area (Å²) in [5, 5.41) is 10.0. The molecule has 1 rings (SSSR count). The molecule has 6 atom stereocenters. The summed E-state index contributed by atoms with van der Waals surface area (Å²) in [5.74, 6) is -0.430. The minimum Gasteiger partial charge on any atom is -0.463 e. The van der Waals surface area contributed by atoms with Gasteiger partial charge in [0.25, 0.3) is 0 Å². The Labute approximate surface area is 124 Å². The molecule has 0 spiro atoms. The molecule has 0 aromatic rings. The number of rotatable bonds is 7. The molecule has 1 heterocycles. The van der Waals surface area contributed by atoms with E-state index in [1.54, 1.807) is 0 Å². The first kappa shape index (κ1) is 18.3. The van der Waals surface area contributed by atoms with Crippen molar-refractivity contribution in [3.63, 3.8) is 0 Å². The summed E-state index contributed by atoms with van der Waals surface area (Å²) in [5.41, 5.74) is 0. The van der Waals surface area contributed by atoms with Gasteiger partial charge in [-0.15, -0.1) is 0 Å². The standard InChI is InChI=1S/C13H24O8/c1-7(14)20-6-8(16-2)9-10(17-3)11(18-4)12(19-5)13(15)21-9/h8-13,15H,6H2,1-5H3. The van der Waals surface area contributed by atoms with Crippen LogP contribution in [0.1, 0.15) is 6.92 Å². The van der Waals surface area contributed by atoms with Crippen LogP contribution in [-0.4, -0.2) is 82.9 Å². The van der Waals surface area contributed by atoms with Gasteiger partial charge in [0.2, 0.25) is 0 Å². The largest absolute Gasteiger partial charge is 0.463 e. The predicted octanol–water partition coefficient (Wildman–Crippen LogP) is -0.673. The Kier molecular flexibility index (Phi) is 7.50. The highest BCUT2D eigenvalue weighted by Gasteiger charge is 2.49. The maximum absolute atomic E-state index is 10.9. The highest BCUT2D eigenvalue weighted by Crippen LogP contribution is 2.28. The van der Waals surface area contributed by atoms with Crippen LogP contribution in [0.5, 0.6) is 0 Å². The van der Waals surface area contributed by atoms with E-state index in [1.807, 2.05) is 0 Å². The van der Waals surface area contributed by atoms with Crippen molar-refractivity contribution >= 4 is 5.97 Å². The molecule has 1 aliphatic rings. The summed E-state index contributed by atoms with van der Waals surface area (Å²) < 4.78 is 31.7. The molecule has 0 amide bonds. The molecule has 6 unspecified atom stereocenters. The highest BCUT2D eigenvalue weighted by molar-refractivity contribution is 5.65. The van der Waals surface area contributed by atoms with Gasteiger partial charge < -0.3 is 33.5 Å². The van der Waals surface area contributed by atoms with Gasteiger partial charge in [-0.3, -0.25) is 4.79 Å². The molecule has 0 aromatic carbocycles. The van der Waals surface area contributed by atoms with Crippen LogP contribution in [-0.2, 0) is 33.2 Å². The van der Waals surface area contributed by atoms with Gasteiger partial charge in [-0.05, 0) is 0 Å². The van der Waals surface area contributed by atoms with E-state index in [4.69, 9.17) is 28.4 Å². The zero-order chi connectivity index (χ0) is 16.0. The van der Waals surface area contributed by atoms with E-state index < -0.39 is 42.8 Å². The minimum atomic E-state index is -1.20. The maximum atomic E-state index is 10.9. The molecule has 124 valence electrons. The second-order valence-corrected chi connectivity index (χ2v) is 4.67. The lowest BCUT2D eigenvalue weighted by atomic mass is 9.95. The van der Waals surface area contributed by atoms with Gasteiger partial charge in [0.05, 0.1) is 0 Å². The summed E-state index contributed by atoms with van der Waals surface area (Å²) >= 11 is 0. The summed E-state index contributed by atoms with van der Waals surface area (Å²) in [6.07, 6.45) is -4.28. The van der Waals surface area contributed by atoms with Crippen molar-refractivity contribution < 1.29 is 38.3 Å². The number of carbonyl (C=O) groups excluding carboxylic acids is 1. The van der Waals surface area contributed by atoms with Crippen LogP contribution in [0, 0.1) is 0 Å². The number of methoxy groups -OCH3 is 4. The van der Waals surface area contributed by atoms with Crippen molar-refractivity contribution in [2.45, 2.75) is 43.7 Å². The van der Waals surface area contributed by atoms with E-state index in [-0.39, 0.29) is 6.61 Å². The van der Waals surface area contributed by atoms with E-state index in [1.165, 1.54) is 35.4 Å². The number of hydrogen-bond acceptors (Lipinski definition) is 8. The predicted molar refractivity (Wildman–Crippen MR) is 70.7 cm³/mol. The molecular weight excluding hydrogens is 284 g/mol. The summed E-state index contributed by atoms with van der Waals surface area (Å²) in [6.45, 7) is 1.28. The van der Waals surface area contributed by atoms with Gasteiger partial charge in [0, 0.05) is 35.4 Å². The molecule has 8 nitrogen and oxygen atoms in total. The Hall–Kier alpha value is -0.770. The lowest BCUT2D eigenvalue weighted by Gasteiger charge is -2.45. The second kappa shape index (κ2) is 8.62. The van der Waals surface area contributed by atoms with E-state index in [0.29, 0.717) is 0 Å². The number of aliphatic hydroxyl groups excluding tert-OH is 1. The van der Waals surface area contributed by atoms with Gasteiger partial charge in [0.15, 0.2) is 6.29 Å². The zero-order valence-corrected chi connectivity index (χ0v) is 13.0. The SMILES string of the molecule is COC(COC(C)=O)C1OC(O)C(OC)C(OC)C1OC. The van der Waals surface area contributed by atoms with Crippen LogP contribution in [0.3, 0.4) is 0 Å². The molecule has 1 saturated heterocycles. The van der Waals surface area contributed by atoms with Crippen LogP contribution >= 0.6 is 0 Å². The van der Waals surface area contributed by atoms with Crippen molar-refractivity contribution in [2.75, 3.05) is 35.0 Å². The van der Waals surface area contributed by atoms with E-state index in [2.05, 4.69) is 0 Å². The van der Waals surface area contributed by atoms with Crippen LogP contribution in [0.25, 0.3) is 0 Å². The third kappa shape index (κ3) is 4.35. The topological polar surface area (TPSA) is 92.7 Å². The van der Waals surface area contributed by atoms with Crippen molar-refractivity contribution in [3.8, 4) is 0 Å². The molecule has 0 aromatic heterocycles. The zero-order valence-electron chi connectivity index (χ0n) is 13.0. The quantitative estimate of drug-likeness (QED) is 0.619. The van der Waals surface area contributed by atoms with Crippen molar-refractivity contribution in [1.29, 1.82) is 0 Å². The first-order chi connectivity index (χ1) is 9.99. The Morgan fingerprint density at radius 3 is 2.10 bits per heavy atom. The molecule has 0 bridgehead atoms. The molecular formula is C13H24O8. The van der Waals surface area contributed by atoms with Crippen LogP contribution in [0.15, 0.2) is 0 Å². The van der Waals surface area contributed by atoms with Gasteiger partial charge in [-0.25, -0.2) is 0 Å². The first-order valence-corrected chi connectivity index (χ1v) is 6.58. The summed E-state index contributed by atoms with van der Waals surface area (Å²) in [7, 11) is 5.89. The van der Waals surface area contributed by atoms with Crippen molar-refractivity contribution in [2.24, 2.45) is 0 Å². The van der Waals surface area contributed by atoms with Crippen LogP contribution in [0.2, 0.25) is 0 Å². The fraction of sp³-hybridized carbons (Fsp3) is 0.923. The molecule has 1 aliphatic heterocycles. The molecule has 8 heteroatoms. The van der Waals surface area contributed by atoms with Gasteiger partial charge in [-0.2, -0.15) is 0 Å². The Morgan fingerprint density at radius 1 is 1.10 bits per heavy atom. The third-order valence-corrected chi connectivity index (χ3v) is 3.49.